The third-order valence-corrected chi connectivity index (χ3v) is 6.60. The van der Waals surface area contributed by atoms with Crippen LogP contribution in [0.5, 0.6) is 0 Å². The summed E-state index contributed by atoms with van der Waals surface area (Å²) in [5.74, 6) is 2.19. The van der Waals surface area contributed by atoms with Crippen molar-refractivity contribution < 1.29 is 9.21 Å². The summed E-state index contributed by atoms with van der Waals surface area (Å²) >= 11 is 1.83. The second-order valence-electron chi connectivity index (χ2n) is 7.46. The van der Waals surface area contributed by atoms with E-state index in [1.165, 1.54) is 4.90 Å². The quantitative estimate of drug-likeness (QED) is 0.669. The lowest BCUT2D eigenvalue weighted by Gasteiger charge is -2.34. The van der Waals surface area contributed by atoms with Gasteiger partial charge < -0.3 is 9.32 Å². The molecular formula is C22H23N3O2S. The Kier molecular flexibility index (Phi) is 4.82. The molecule has 1 atom stereocenters. The number of carbonyl (C=O) groups excluding carboxylic acids is 1. The number of amides is 1. The van der Waals surface area contributed by atoms with Crippen molar-refractivity contribution in [2.75, 3.05) is 36.8 Å². The van der Waals surface area contributed by atoms with Crippen molar-refractivity contribution in [1.29, 1.82) is 0 Å². The molecule has 1 fully saturated rings. The fraction of sp³-hybridized carbons (Fsp3) is 0.364. The minimum atomic E-state index is 0.186. The Morgan fingerprint density at radius 1 is 1.14 bits per heavy atom. The molecule has 2 aromatic carbocycles. The maximum Gasteiger partial charge on any atom is 0.241 e. The van der Waals surface area contributed by atoms with E-state index in [2.05, 4.69) is 22.0 Å². The minimum Gasteiger partial charge on any atom is -0.440 e. The normalized spacial score (nSPS) is 20.3. The van der Waals surface area contributed by atoms with Gasteiger partial charge in [-0.1, -0.05) is 24.3 Å². The number of nitrogens with zero attached hydrogens (tertiary/aromatic N) is 3. The van der Waals surface area contributed by atoms with Gasteiger partial charge in [0, 0.05) is 29.7 Å². The third-order valence-electron chi connectivity index (χ3n) is 5.55. The summed E-state index contributed by atoms with van der Waals surface area (Å²) in [4.78, 5) is 23.1. The number of rotatable bonds is 3. The number of thioether (sulfide) groups is 1. The predicted molar refractivity (Wildman–Crippen MR) is 112 cm³/mol. The van der Waals surface area contributed by atoms with Crippen LogP contribution in [-0.2, 0) is 4.79 Å². The van der Waals surface area contributed by atoms with Gasteiger partial charge in [-0.3, -0.25) is 9.69 Å². The number of carbonyl (C=O) groups is 1. The molecule has 0 radical (unpaired) electrons. The Bertz CT molecular complexity index is 969. The van der Waals surface area contributed by atoms with Gasteiger partial charge in [-0.05, 0) is 43.7 Å². The van der Waals surface area contributed by atoms with Gasteiger partial charge >= 0.3 is 0 Å². The monoisotopic (exact) mass is 393 g/mol. The maximum absolute atomic E-state index is 13.0. The van der Waals surface area contributed by atoms with E-state index >= 15 is 0 Å². The lowest BCUT2D eigenvalue weighted by atomic mass is 9.98. The molecule has 1 amide bonds. The van der Waals surface area contributed by atoms with E-state index in [4.69, 9.17) is 4.42 Å². The molecular weight excluding hydrogens is 370 g/mol. The van der Waals surface area contributed by atoms with E-state index in [-0.39, 0.29) is 11.8 Å². The van der Waals surface area contributed by atoms with Crippen LogP contribution < -0.4 is 4.90 Å². The minimum absolute atomic E-state index is 0.186. The Hall–Kier alpha value is -2.31. The fourth-order valence-electron chi connectivity index (χ4n) is 4.17. The second-order valence-corrected chi connectivity index (χ2v) is 8.59. The molecule has 28 heavy (non-hydrogen) atoms. The Balaban J connectivity index is 1.29. The summed E-state index contributed by atoms with van der Waals surface area (Å²) in [6, 6.07) is 16.1. The van der Waals surface area contributed by atoms with Crippen LogP contribution in [0.4, 0.5) is 5.69 Å². The van der Waals surface area contributed by atoms with Crippen molar-refractivity contribution in [3.63, 3.8) is 0 Å². The van der Waals surface area contributed by atoms with Gasteiger partial charge in [0.2, 0.25) is 5.91 Å². The van der Waals surface area contributed by atoms with E-state index in [0.29, 0.717) is 6.54 Å². The van der Waals surface area contributed by atoms with Gasteiger partial charge in [0.1, 0.15) is 5.52 Å². The zero-order valence-corrected chi connectivity index (χ0v) is 16.5. The van der Waals surface area contributed by atoms with Gasteiger partial charge in [0.15, 0.2) is 11.5 Å². The number of anilines is 1. The van der Waals surface area contributed by atoms with Crippen molar-refractivity contribution in [2.24, 2.45) is 0 Å². The number of benzene rings is 2. The molecule has 144 valence electrons. The summed E-state index contributed by atoms with van der Waals surface area (Å²) < 4.78 is 5.99. The van der Waals surface area contributed by atoms with Crippen LogP contribution in [0.15, 0.2) is 57.8 Å². The van der Waals surface area contributed by atoms with Gasteiger partial charge in [0.25, 0.3) is 0 Å². The van der Waals surface area contributed by atoms with Crippen LogP contribution in [0.3, 0.4) is 0 Å². The van der Waals surface area contributed by atoms with Crippen LogP contribution in [0.2, 0.25) is 0 Å². The highest BCUT2D eigenvalue weighted by atomic mass is 32.2. The largest absolute Gasteiger partial charge is 0.440 e. The number of hydrogen-bond donors (Lipinski definition) is 0. The van der Waals surface area contributed by atoms with Gasteiger partial charge in [-0.15, -0.1) is 11.8 Å². The van der Waals surface area contributed by atoms with Gasteiger partial charge in [0.05, 0.1) is 12.2 Å². The topological polar surface area (TPSA) is 49.6 Å². The molecule has 1 aromatic heterocycles. The summed E-state index contributed by atoms with van der Waals surface area (Å²) in [5, 5.41) is 0. The third kappa shape index (κ3) is 3.42. The average Bonchev–Trinajstić information content (AvgIpc) is 3.18. The van der Waals surface area contributed by atoms with Crippen LogP contribution >= 0.6 is 11.8 Å². The fourth-order valence-corrected chi connectivity index (χ4v) is 5.17. The molecule has 0 bridgehead atoms. The average molecular weight is 394 g/mol. The molecule has 2 aliphatic rings. The molecule has 1 unspecified atom stereocenters. The molecule has 5 nitrogen and oxygen atoms in total. The molecule has 3 heterocycles. The SMILES string of the molecule is O=C(CN1CCCC(c2nc3ccccc3o2)C1)N1CCSc2ccccc21. The number of oxazole rings is 1. The molecule has 0 saturated carbocycles. The summed E-state index contributed by atoms with van der Waals surface area (Å²) in [6.45, 7) is 3.01. The number of piperidine rings is 1. The van der Waals surface area contributed by atoms with Crippen molar-refractivity contribution >= 4 is 34.5 Å². The Morgan fingerprint density at radius 2 is 2.00 bits per heavy atom. The first-order valence-corrected chi connectivity index (χ1v) is 10.9. The smallest absolute Gasteiger partial charge is 0.241 e. The van der Waals surface area contributed by atoms with Gasteiger partial charge in [-0.25, -0.2) is 4.98 Å². The number of fused-ring (bicyclic) bond motifs is 2. The van der Waals surface area contributed by atoms with E-state index in [1.54, 1.807) is 0 Å². The molecule has 0 aliphatic carbocycles. The number of aromatic nitrogens is 1. The summed E-state index contributed by atoms with van der Waals surface area (Å²) in [6.07, 6.45) is 2.11. The predicted octanol–water partition coefficient (Wildman–Crippen LogP) is 4.15. The van der Waals surface area contributed by atoms with Crippen molar-refractivity contribution in [3.05, 3.63) is 54.4 Å². The van der Waals surface area contributed by atoms with Crippen molar-refractivity contribution in [2.45, 2.75) is 23.7 Å². The summed E-state index contributed by atoms with van der Waals surface area (Å²) in [5.41, 5.74) is 2.80. The molecule has 5 rings (SSSR count). The first-order valence-electron chi connectivity index (χ1n) is 9.88. The van der Waals surface area contributed by atoms with Gasteiger partial charge in [-0.2, -0.15) is 0 Å². The first kappa shape index (κ1) is 17.8. The molecule has 0 N–H and O–H groups in total. The van der Waals surface area contributed by atoms with E-state index in [0.717, 1.165) is 60.9 Å². The molecule has 1 saturated heterocycles. The van der Waals surface area contributed by atoms with Crippen LogP contribution in [0.25, 0.3) is 11.1 Å². The van der Waals surface area contributed by atoms with E-state index in [9.17, 15) is 4.79 Å². The molecule has 0 spiro atoms. The standard InChI is InChI=1S/C22H23N3O2S/c26-21(25-12-13-28-20-10-4-2-8-18(20)25)15-24-11-5-6-16(14-24)22-23-17-7-1-3-9-19(17)27-22/h1-4,7-10,16H,5-6,11-15H2. The second kappa shape index (κ2) is 7.60. The van der Waals surface area contributed by atoms with Crippen LogP contribution in [0.1, 0.15) is 24.7 Å². The maximum atomic E-state index is 13.0. The Labute approximate surface area is 168 Å². The number of hydrogen-bond acceptors (Lipinski definition) is 5. The number of para-hydroxylation sites is 3. The van der Waals surface area contributed by atoms with Crippen molar-refractivity contribution in [1.82, 2.24) is 9.88 Å². The van der Waals surface area contributed by atoms with E-state index in [1.807, 2.05) is 53.1 Å². The first-order chi connectivity index (χ1) is 13.8. The summed E-state index contributed by atoms with van der Waals surface area (Å²) in [7, 11) is 0. The molecule has 2 aliphatic heterocycles. The highest BCUT2D eigenvalue weighted by Gasteiger charge is 2.29. The zero-order chi connectivity index (χ0) is 18.9. The Morgan fingerprint density at radius 3 is 2.93 bits per heavy atom. The van der Waals surface area contributed by atoms with Crippen LogP contribution in [-0.4, -0.2) is 47.7 Å². The zero-order valence-electron chi connectivity index (χ0n) is 15.7. The highest BCUT2D eigenvalue weighted by Crippen LogP contribution is 2.35. The highest BCUT2D eigenvalue weighted by molar-refractivity contribution is 7.99. The lowest BCUT2D eigenvalue weighted by molar-refractivity contribution is -0.120. The molecule has 3 aromatic rings. The van der Waals surface area contributed by atoms with E-state index < -0.39 is 0 Å². The lowest BCUT2D eigenvalue weighted by Crippen LogP contribution is -2.45. The molecule has 6 heteroatoms. The van der Waals surface area contributed by atoms with Crippen LogP contribution in [0, 0.1) is 0 Å². The van der Waals surface area contributed by atoms with Crippen molar-refractivity contribution in [3.8, 4) is 0 Å². The number of likely N-dealkylation sites (tertiary alicyclic amines) is 1.